The monoisotopic (exact) mass is 1160 g/mol. The molecule has 0 aliphatic carbocycles. The zero-order valence-electron chi connectivity index (χ0n) is 47.8. The molecule has 17 rings (SSSR count). The smallest absolute Gasteiger partial charge is 0.227 e. The van der Waals surface area contributed by atoms with E-state index in [0.717, 1.165) is 44.8 Å². The summed E-state index contributed by atoms with van der Waals surface area (Å²) in [6, 6.07) is 119. The summed E-state index contributed by atoms with van der Waals surface area (Å²) in [5, 5.41) is 10.8. The molecule has 0 unspecified atom stereocenters. The summed E-state index contributed by atoms with van der Waals surface area (Å²) in [6.45, 7) is 0. The van der Waals surface area contributed by atoms with Crippen LogP contribution in [-0.4, -0.2) is 26.1 Å². The highest BCUT2D eigenvalue weighted by Gasteiger charge is 2.50. The molecule has 414 valence electrons. The van der Waals surface area contributed by atoms with Crippen molar-refractivity contribution >= 4 is 114 Å². The minimum atomic E-state index is -2.81. The molecule has 0 radical (unpaired) electrons. The van der Waals surface area contributed by atoms with Gasteiger partial charge in [-0.2, -0.15) is 0 Å². The summed E-state index contributed by atoms with van der Waals surface area (Å²) >= 11 is 0. The Bertz CT molecular complexity index is 4530. The van der Waals surface area contributed by atoms with Crippen LogP contribution in [-0.2, 0) is 0 Å². The van der Waals surface area contributed by atoms with Gasteiger partial charge in [0, 0.05) is 45.3 Å². The number of nitrogens with zero attached hydrogens (tertiary/aromatic N) is 4. The number of hydrogen-bond donors (Lipinski definition) is 0. The molecule has 8 heteroatoms. The molecule has 0 spiro atoms. The summed E-state index contributed by atoms with van der Waals surface area (Å²) in [7, 11) is -5.62. The van der Waals surface area contributed by atoms with Crippen LogP contribution in [0.25, 0.3) is 67.4 Å². The van der Waals surface area contributed by atoms with Crippen molar-refractivity contribution in [1.82, 2.24) is 9.97 Å². The molecule has 13 aromatic carbocycles. The number of anilines is 6. The van der Waals surface area contributed by atoms with E-state index >= 15 is 0 Å². The first-order chi connectivity index (χ1) is 43.7. The van der Waals surface area contributed by atoms with Gasteiger partial charge in [0.15, 0.2) is 27.3 Å². The SMILES string of the molecule is c1ccc(-c2nc3c(-c4ccc(N5c6ccccc6[Si](c6ccccc6)(c6ccccc6)c6ccccc65)cc4)c4oc(-c5ccccc5)nc4c(-c4ccc(N5c6ccccc6[Si](c6ccccc6)(c6ccccc6)c6ccccc65)cc4)c3o2)cc1. The van der Waals surface area contributed by atoms with Gasteiger partial charge in [-0.3, -0.25) is 0 Å². The zero-order chi connectivity index (χ0) is 58.2. The molecule has 0 atom stereocenters. The number of fused-ring (bicyclic) bond motifs is 6. The van der Waals surface area contributed by atoms with Crippen molar-refractivity contribution in [1.29, 1.82) is 0 Å². The van der Waals surface area contributed by atoms with Gasteiger partial charge in [-0.25, -0.2) is 9.97 Å². The van der Waals surface area contributed by atoms with E-state index in [1.807, 2.05) is 60.7 Å². The topological polar surface area (TPSA) is 58.5 Å². The van der Waals surface area contributed by atoms with Gasteiger partial charge < -0.3 is 18.6 Å². The Hall–Kier alpha value is -11.2. The number of para-hydroxylation sites is 4. The second-order valence-corrected chi connectivity index (χ2v) is 30.1. The Labute approximate surface area is 512 Å². The van der Waals surface area contributed by atoms with Gasteiger partial charge in [-0.05, 0) is 125 Å². The Morgan fingerprint density at radius 1 is 0.239 bits per heavy atom. The third-order valence-corrected chi connectivity index (χ3v) is 27.8. The van der Waals surface area contributed by atoms with Gasteiger partial charge in [0.1, 0.15) is 11.0 Å². The second-order valence-electron chi connectivity index (χ2n) is 22.7. The standard InChI is InChI=1S/C80H54N4O2Si2/c1-7-27-57(28-8-1)79-81-75-73(55-47-51-59(52-48-55)83-65-39-19-23-43-69(65)87(61-31-11-3-12-32-61,62-33-13-4-14-34-62)70-44-24-20-40-66(70)83)78-76(82-80(86-78)58-29-9-2-10-30-58)74(77(75)85-79)56-49-53-60(54-50-56)84-67-41-21-25-45-71(67)88(63-35-15-5-16-36-63,64-37-17-6-18-38-64)72-46-26-22-42-68(72)84/h1-54H. The van der Waals surface area contributed by atoms with Crippen LogP contribution < -0.4 is 51.3 Å². The van der Waals surface area contributed by atoms with Crippen LogP contribution in [0, 0.1) is 0 Å². The van der Waals surface area contributed by atoms with E-state index in [2.05, 4.69) is 277 Å². The lowest BCUT2D eigenvalue weighted by Gasteiger charge is -2.45. The van der Waals surface area contributed by atoms with E-state index in [-0.39, 0.29) is 0 Å². The second kappa shape index (κ2) is 20.8. The number of benzene rings is 13. The van der Waals surface area contributed by atoms with Gasteiger partial charge in [0.25, 0.3) is 0 Å². The molecule has 0 saturated carbocycles. The first-order valence-electron chi connectivity index (χ1n) is 30.0. The third kappa shape index (κ3) is 7.79. The largest absolute Gasteiger partial charge is 0.435 e. The number of hydrogen-bond acceptors (Lipinski definition) is 6. The van der Waals surface area contributed by atoms with Gasteiger partial charge in [-0.1, -0.05) is 255 Å². The number of aromatic nitrogens is 2. The zero-order valence-corrected chi connectivity index (χ0v) is 49.8. The summed E-state index contributed by atoms with van der Waals surface area (Å²) in [5.74, 6) is 1.03. The van der Waals surface area contributed by atoms with Gasteiger partial charge in [0.05, 0.1) is 11.1 Å². The lowest BCUT2D eigenvalue weighted by atomic mass is 9.95. The molecule has 0 fully saturated rings. The molecule has 2 aliphatic heterocycles. The predicted octanol–water partition coefficient (Wildman–Crippen LogP) is 15.0. The van der Waals surface area contributed by atoms with E-state index in [1.165, 1.54) is 64.2 Å². The summed E-state index contributed by atoms with van der Waals surface area (Å²) in [4.78, 5) is 15.8. The maximum Gasteiger partial charge on any atom is 0.227 e. The molecular weight excluding hydrogens is 1110 g/mol. The molecule has 0 saturated heterocycles. The molecule has 2 aliphatic rings. The highest BCUT2D eigenvalue weighted by molar-refractivity contribution is 7.22. The summed E-state index contributed by atoms with van der Waals surface area (Å²) < 4.78 is 14.3. The summed E-state index contributed by atoms with van der Waals surface area (Å²) in [6.07, 6.45) is 0. The van der Waals surface area contributed by atoms with Gasteiger partial charge in [0.2, 0.25) is 11.8 Å². The Balaban J connectivity index is 0.841. The van der Waals surface area contributed by atoms with Crippen molar-refractivity contribution in [2.24, 2.45) is 0 Å². The van der Waals surface area contributed by atoms with Crippen molar-refractivity contribution in [3.63, 3.8) is 0 Å². The van der Waals surface area contributed by atoms with E-state index in [0.29, 0.717) is 34.0 Å². The molecule has 0 bridgehead atoms. The van der Waals surface area contributed by atoms with Crippen molar-refractivity contribution in [3.05, 3.63) is 328 Å². The third-order valence-electron chi connectivity index (χ3n) is 18.1. The van der Waals surface area contributed by atoms with Crippen LogP contribution in [0.1, 0.15) is 0 Å². The average molecular weight is 1160 g/mol. The fourth-order valence-corrected chi connectivity index (χ4v) is 24.6. The normalized spacial score (nSPS) is 13.6. The molecule has 15 aromatic rings. The molecule has 0 N–H and O–H groups in total. The van der Waals surface area contributed by atoms with Crippen molar-refractivity contribution in [2.75, 3.05) is 9.80 Å². The lowest BCUT2D eigenvalue weighted by Crippen LogP contribution is -2.77. The Morgan fingerprint density at radius 3 is 0.773 bits per heavy atom. The van der Waals surface area contributed by atoms with E-state index in [4.69, 9.17) is 18.8 Å². The summed E-state index contributed by atoms with van der Waals surface area (Å²) in [5.41, 5.74) is 14.6. The maximum atomic E-state index is 7.16. The fraction of sp³-hybridized carbons (Fsp3) is 0. The average Bonchev–Trinajstić information content (AvgIpc) is 0.987. The minimum absolute atomic E-state index is 0.513. The fourth-order valence-electron chi connectivity index (χ4n) is 14.4. The maximum absolute atomic E-state index is 7.16. The van der Waals surface area contributed by atoms with Crippen LogP contribution >= 0.6 is 0 Å². The van der Waals surface area contributed by atoms with Crippen LogP contribution in [0.15, 0.2) is 336 Å². The molecular formula is C80H54N4O2Si2. The first kappa shape index (κ1) is 51.3. The molecule has 0 amide bonds. The van der Waals surface area contributed by atoms with Crippen LogP contribution in [0.4, 0.5) is 34.1 Å². The Morgan fingerprint density at radius 2 is 0.489 bits per heavy atom. The highest BCUT2D eigenvalue weighted by atomic mass is 28.3. The predicted molar refractivity (Wildman–Crippen MR) is 367 cm³/mol. The van der Waals surface area contributed by atoms with Crippen LogP contribution in [0.3, 0.4) is 0 Å². The van der Waals surface area contributed by atoms with Gasteiger partial charge in [-0.15, -0.1) is 0 Å². The quantitative estimate of drug-likeness (QED) is 0.127. The highest BCUT2D eigenvalue weighted by Crippen LogP contribution is 2.48. The van der Waals surface area contributed by atoms with Crippen LogP contribution in [0.2, 0.25) is 0 Å². The molecule has 88 heavy (non-hydrogen) atoms. The number of oxazole rings is 2. The van der Waals surface area contributed by atoms with E-state index < -0.39 is 16.1 Å². The molecule has 6 nitrogen and oxygen atoms in total. The van der Waals surface area contributed by atoms with Gasteiger partial charge >= 0.3 is 0 Å². The lowest BCUT2D eigenvalue weighted by molar-refractivity contribution is 0.619. The number of rotatable bonds is 10. The van der Waals surface area contributed by atoms with Crippen molar-refractivity contribution in [2.45, 2.75) is 0 Å². The molecule has 2 aromatic heterocycles. The van der Waals surface area contributed by atoms with Crippen molar-refractivity contribution < 1.29 is 8.83 Å². The minimum Gasteiger partial charge on any atom is -0.435 e. The first-order valence-corrected chi connectivity index (χ1v) is 34.0. The Kier molecular flexibility index (Phi) is 12.1. The van der Waals surface area contributed by atoms with E-state index in [9.17, 15) is 0 Å². The van der Waals surface area contributed by atoms with Crippen molar-refractivity contribution in [3.8, 4) is 45.2 Å². The molecule has 4 heterocycles. The van der Waals surface area contributed by atoms with E-state index in [1.54, 1.807) is 0 Å². The van der Waals surface area contributed by atoms with Crippen LogP contribution in [0.5, 0.6) is 0 Å².